The topological polar surface area (TPSA) is 69.4 Å². The summed E-state index contributed by atoms with van der Waals surface area (Å²) in [6, 6.07) is 5.00. The zero-order valence-electron chi connectivity index (χ0n) is 8.86. The summed E-state index contributed by atoms with van der Waals surface area (Å²) in [6.45, 7) is 0.425. The average molecular weight is 229 g/mol. The van der Waals surface area contributed by atoms with Gasteiger partial charge in [0.1, 0.15) is 5.75 Å². The molecule has 0 aliphatic heterocycles. The molecule has 2 N–H and O–H groups in total. The molecule has 0 fully saturated rings. The summed E-state index contributed by atoms with van der Waals surface area (Å²) < 4.78 is 28.0. The predicted molar refractivity (Wildman–Crippen MR) is 58.9 cm³/mol. The molecule has 0 bridgehead atoms. The smallest absolute Gasteiger partial charge is 0.175 e. The number of rotatable bonds is 4. The van der Waals surface area contributed by atoms with Crippen LogP contribution in [0.5, 0.6) is 5.75 Å². The molecule has 0 spiro atoms. The molecule has 1 aromatic rings. The van der Waals surface area contributed by atoms with E-state index in [9.17, 15) is 8.42 Å². The van der Waals surface area contributed by atoms with Crippen molar-refractivity contribution >= 4 is 9.84 Å². The molecule has 84 valence electrons. The number of benzene rings is 1. The van der Waals surface area contributed by atoms with Gasteiger partial charge in [0, 0.05) is 6.26 Å². The average Bonchev–Trinajstić information content (AvgIpc) is 2.17. The van der Waals surface area contributed by atoms with Gasteiger partial charge in [-0.1, -0.05) is 6.07 Å². The van der Waals surface area contributed by atoms with Crippen molar-refractivity contribution in [2.45, 2.75) is 11.3 Å². The van der Waals surface area contributed by atoms with Crippen LogP contribution in [0.1, 0.15) is 5.56 Å². The molecule has 0 saturated carbocycles. The summed E-state index contributed by atoms with van der Waals surface area (Å²) in [7, 11) is -1.72. The molecule has 0 unspecified atom stereocenters. The van der Waals surface area contributed by atoms with Crippen molar-refractivity contribution in [1.29, 1.82) is 0 Å². The van der Waals surface area contributed by atoms with Crippen LogP contribution in [0.2, 0.25) is 0 Å². The summed E-state index contributed by atoms with van der Waals surface area (Å²) in [6.07, 6.45) is 1.73. The third-order valence-electron chi connectivity index (χ3n) is 2.09. The van der Waals surface area contributed by atoms with Crippen molar-refractivity contribution in [3.63, 3.8) is 0 Å². The van der Waals surface area contributed by atoms with Gasteiger partial charge in [0.2, 0.25) is 0 Å². The third-order valence-corrected chi connectivity index (χ3v) is 3.27. The highest BCUT2D eigenvalue weighted by molar-refractivity contribution is 7.90. The second-order valence-corrected chi connectivity index (χ2v) is 5.27. The Bertz CT molecular complexity index is 440. The standard InChI is InChI=1S/C10H15NO3S/c1-14-9-4-3-8(5-6-11)10(7-9)15(2,12)13/h3-4,7H,5-6,11H2,1-2H3. The molecule has 4 nitrogen and oxygen atoms in total. The Morgan fingerprint density at radius 3 is 2.53 bits per heavy atom. The van der Waals surface area contributed by atoms with E-state index in [0.717, 1.165) is 5.56 Å². The first-order valence-electron chi connectivity index (χ1n) is 4.56. The fourth-order valence-corrected chi connectivity index (χ4v) is 2.35. The second-order valence-electron chi connectivity index (χ2n) is 3.28. The van der Waals surface area contributed by atoms with E-state index in [4.69, 9.17) is 10.5 Å². The van der Waals surface area contributed by atoms with Gasteiger partial charge in [0.15, 0.2) is 9.84 Å². The molecule has 0 aromatic heterocycles. The zero-order chi connectivity index (χ0) is 11.5. The summed E-state index contributed by atoms with van der Waals surface area (Å²) in [5, 5.41) is 0. The van der Waals surface area contributed by atoms with E-state index in [1.54, 1.807) is 12.1 Å². The predicted octanol–water partition coefficient (Wildman–Crippen LogP) is 0.600. The molecule has 0 atom stereocenters. The van der Waals surface area contributed by atoms with Gasteiger partial charge in [-0.05, 0) is 30.7 Å². The Morgan fingerprint density at radius 1 is 1.40 bits per heavy atom. The number of hydrogen-bond acceptors (Lipinski definition) is 4. The van der Waals surface area contributed by atoms with E-state index in [2.05, 4.69) is 0 Å². The fourth-order valence-electron chi connectivity index (χ4n) is 1.37. The highest BCUT2D eigenvalue weighted by Crippen LogP contribution is 2.22. The monoisotopic (exact) mass is 229 g/mol. The number of methoxy groups -OCH3 is 1. The maximum atomic E-state index is 11.5. The van der Waals surface area contributed by atoms with Crippen molar-refractivity contribution < 1.29 is 13.2 Å². The largest absolute Gasteiger partial charge is 0.497 e. The number of nitrogens with two attached hydrogens (primary N) is 1. The Balaban J connectivity index is 3.29. The van der Waals surface area contributed by atoms with Gasteiger partial charge in [0.25, 0.3) is 0 Å². The van der Waals surface area contributed by atoms with Crippen molar-refractivity contribution in [1.82, 2.24) is 0 Å². The molecular weight excluding hydrogens is 214 g/mol. The molecule has 0 heterocycles. The van der Waals surface area contributed by atoms with Crippen LogP contribution in [-0.4, -0.2) is 28.3 Å². The maximum Gasteiger partial charge on any atom is 0.175 e. The van der Waals surface area contributed by atoms with Crippen LogP contribution in [0.15, 0.2) is 23.1 Å². The number of sulfone groups is 1. The minimum absolute atomic E-state index is 0.298. The first-order chi connectivity index (χ1) is 6.99. The highest BCUT2D eigenvalue weighted by atomic mass is 32.2. The van der Waals surface area contributed by atoms with Gasteiger partial charge in [-0.25, -0.2) is 8.42 Å². The van der Waals surface area contributed by atoms with Gasteiger partial charge in [0.05, 0.1) is 12.0 Å². The Morgan fingerprint density at radius 2 is 2.07 bits per heavy atom. The number of ether oxygens (including phenoxy) is 1. The molecule has 1 rings (SSSR count). The summed E-state index contributed by atoms with van der Waals surface area (Å²) in [5.74, 6) is 0.538. The molecule has 0 radical (unpaired) electrons. The summed E-state index contributed by atoms with van der Waals surface area (Å²) in [4.78, 5) is 0.298. The molecule has 0 aliphatic rings. The van der Waals surface area contributed by atoms with E-state index in [-0.39, 0.29) is 0 Å². The summed E-state index contributed by atoms with van der Waals surface area (Å²) >= 11 is 0. The molecular formula is C10H15NO3S. The van der Waals surface area contributed by atoms with Crippen LogP contribution in [0.25, 0.3) is 0 Å². The van der Waals surface area contributed by atoms with E-state index in [0.29, 0.717) is 23.6 Å². The van der Waals surface area contributed by atoms with Crippen LogP contribution in [0.3, 0.4) is 0 Å². The molecule has 0 aliphatic carbocycles. The van der Waals surface area contributed by atoms with Gasteiger partial charge in [-0.3, -0.25) is 0 Å². The second kappa shape index (κ2) is 4.63. The van der Waals surface area contributed by atoms with E-state index < -0.39 is 9.84 Å². The lowest BCUT2D eigenvalue weighted by Crippen LogP contribution is -2.08. The van der Waals surface area contributed by atoms with Crippen molar-refractivity contribution in [3.05, 3.63) is 23.8 Å². The Kier molecular flexibility index (Phi) is 3.71. The van der Waals surface area contributed by atoms with Crippen LogP contribution in [0.4, 0.5) is 0 Å². The molecule has 0 saturated heterocycles. The minimum Gasteiger partial charge on any atom is -0.497 e. The van der Waals surface area contributed by atoms with Gasteiger partial charge in [-0.15, -0.1) is 0 Å². The Hall–Kier alpha value is -1.07. The maximum absolute atomic E-state index is 11.5. The minimum atomic E-state index is -3.22. The lowest BCUT2D eigenvalue weighted by Gasteiger charge is -2.08. The van der Waals surface area contributed by atoms with Crippen LogP contribution in [0, 0.1) is 0 Å². The van der Waals surface area contributed by atoms with Crippen LogP contribution >= 0.6 is 0 Å². The lowest BCUT2D eigenvalue weighted by atomic mass is 10.1. The van der Waals surface area contributed by atoms with Gasteiger partial charge >= 0.3 is 0 Å². The first-order valence-corrected chi connectivity index (χ1v) is 6.45. The van der Waals surface area contributed by atoms with E-state index in [1.807, 2.05) is 0 Å². The summed E-state index contributed by atoms with van der Waals surface area (Å²) in [5.41, 5.74) is 6.15. The Labute approximate surface area is 90.0 Å². The number of hydrogen-bond donors (Lipinski definition) is 1. The van der Waals surface area contributed by atoms with Gasteiger partial charge < -0.3 is 10.5 Å². The normalized spacial score (nSPS) is 11.4. The third kappa shape index (κ3) is 2.94. The molecule has 5 heteroatoms. The van der Waals surface area contributed by atoms with E-state index in [1.165, 1.54) is 19.4 Å². The highest BCUT2D eigenvalue weighted by Gasteiger charge is 2.13. The molecule has 15 heavy (non-hydrogen) atoms. The zero-order valence-corrected chi connectivity index (χ0v) is 9.67. The van der Waals surface area contributed by atoms with Gasteiger partial charge in [-0.2, -0.15) is 0 Å². The van der Waals surface area contributed by atoms with E-state index >= 15 is 0 Å². The molecule has 1 aromatic carbocycles. The van der Waals surface area contributed by atoms with Crippen LogP contribution in [-0.2, 0) is 16.3 Å². The quantitative estimate of drug-likeness (QED) is 0.820. The SMILES string of the molecule is COc1ccc(CCN)c(S(C)(=O)=O)c1. The van der Waals surface area contributed by atoms with Crippen molar-refractivity contribution in [2.75, 3.05) is 19.9 Å². The first kappa shape index (κ1) is 12.0. The van der Waals surface area contributed by atoms with Crippen LogP contribution < -0.4 is 10.5 Å². The van der Waals surface area contributed by atoms with Crippen molar-refractivity contribution in [3.8, 4) is 5.75 Å². The van der Waals surface area contributed by atoms with Crippen molar-refractivity contribution in [2.24, 2.45) is 5.73 Å². The lowest BCUT2D eigenvalue weighted by molar-refractivity contribution is 0.413. The molecule has 0 amide bonds. The fraction of sp³-hybridized carbons (Fsp3) is 0.400.